The molecule has 0 saturated carbocycles. The van der Waals surface area contributed by atoms with Gasteiger partial charge in [-0.15, -0.1) is 24.0 Å². The molecule has 1 atom stereocenters. The number of halogens is 2. The molecule has 0 aromatic heterocycles. The third-order valence-corrected chi connectivity index (χ3v) is 3.83. The van der Waals surface area contributed by atoms with E-state index in [0.717, 1.165) is 11.3 Å². The van der Waals surface area contributed by atoms with Crippen LogP contribution in [0.15, 0.2) is 53.5 Å². The summed E-state index contributed by atoms with van der Waals surface area (Å²) in [5, 5.41) is 6.47. The van der Waals surface area contributed by atoms with Crippen molar-refractivity contribution in [2.45, 2.75) is 19.6 Å². The van der Waals surface area contributed by atoms with Crippen LogP contribution in [-0.4, -0.2) is 39.8 Å². The molecule has 2 N–H and O–H groups in total. The molecule has 0 spiro atoms. The molecule has 0 aliphatic heterocycles. The van der Waals surface area contributed by atoms with Crippen LogP contribution in [-0.2, 0) is 6.54 Å². The molecule has 1 unspecified atom stereocenters. The van der Waals surface area contributed by atoms with E-state index in [-0.39, 0.29) is 41.6 Å². The van der Waals surface area contributed by atoms with Gasteiger partial charge in [-0.05, 0) is 36.8 Å². The van der Waals surface area contributed by atoms with Gasteiger partial charge in [-0.1, -0.05) is 24.3 Å². The van der Waals surface area contributed by atoms with Crippen LogP contribution in [0.2, 0.25) is 0 Å². The summed E-state index contributed by atoms with van der Waals surface area (Å²) in [6.07, 6.45) is -0.206. The van der Waals surface area contributed by atoms with Gasteiger partial charge in [0.25, 0.3) is 0 Å². The average molecular weight is 486 g/mol. The fourth-order valence-corrected chi connectivity index (χ4v) is 2.39. The first-order valence-corrected chi connectivity index (χ1v) is 8.61. The van der Waals surface area contributed by atoms with E-state index in [1.165, 1.54) is 6.07 Å². The van der Waals surface area contributed by atoms with Crippen LogP contribution in [0.25, 0.3) is 0 Å². The number of hydrogen-bond donors (Lipinski definition) is 2. The number of nitrogens with one attached hydrogen (secondary N) is 2. The van der Waals surface area contributed by atoms with Gasteiger partial charge in [0.15, 0.2) is 17.5 Å². The molecule has 0 radical (unpaired) electrons. The predicted molar refractivity (Wildman–Crippen MR) is 121 cm³/mol. The Morgan fingerprint density at radius 3 is 2.56 bits per heavy atom. The zero-order valence-electron chi connectivity index (χ0n) is 16.2. The molecular weight excluding hydrogens is 458 g/mol. The van der Waals surface area contributed by atoms with E-state index >= 15 is 0 Å². The van der Waals surface area contributed by atoms with Gasteiger partial charge in [-0.3, -0.25) is 4.99 Å². The summed E-state index contributed by atoms with van der Waals surface area (Å²) in [5.74, 6) is 0.567. The zero-order chi connectivity index (χ0) is 18.9. The van der Waals surface area contributed by atoms with Crippen LogP contribution < -0.4 is 20.3 Å². The first-order chi connectivity index (χ1) is 12.5. The van der Waals surface area contributed by atoms with Crippen LogP contribution in [0.4, 0.5) is 10.1 Å². The lowest BCUT2D eigenvalue weighted by molar-refractivity contribution is 0.214. The third-order valence-electron chi connectivity index (χ3n) is 3.83. The maximum atomic E-state index is 13.6. The van der Waals surface area contributed by atoms with Gasteiger partial charge in [0, 0.05) is 33.4 Å². The SMILES string of the molecule is CN=C(NCc1cccc(N(C)C)c1)NCC(C)Oc1ccccc1F.I. The predicted octanol–water partition coefficient (Wildman–Crippen LogP) is 3.64. The normalized spacial score (nSPS) is 12.0. The molecule has 0 aliphatic carbocycles. The number of hydrogen-bond acceptors (Lipinski definition) is 3. The second-order valence-corrected chi connectivity index (χ2v) is 6.23. The van der Waals surface area contributed by atoms with E-state index in [1.54, 1.807) is 25.2 Å². The Kier molecular flexibility index (Phi) is 9.92. The highest BCUT2D eigenvalue weighted by Crippen LogP contribution is 2.16. The Morgan fingerprint density at radius 1 is 1.15 bits per heavy atom. The van der Waals surface area contributed by atoms with Crippen molar-refractivity contribution in [3.8, 4) is 5.75 Å². The number of aliphatic imine (C=N–C) groups is 1. The van der Waals surface area contributed by atoms with Gasteiger partial charge in [-0.2, -0.15) is 0 Å². The second-order valence-electron chi connectivity index (χ2n) is 6.23. The molecular formula is C20H28FIN4O. The van der Waals surface area contributed by atoms with E-state index in [1.807, 2.05) is 27.1 Å². The van der Waals surface area contributed by atoms with Crippen LogP contribution in [0.3, 0.4) is 0 Å². The summed E-state index contributed by atoms with van der Waals surface area (Å²) in [4.78, 5) is 6.28. The zero-order valence-corrected chi connectivity index (χ0v) is 18.5. The molecule has 0 amide bonds. The third kappa shape index (κ3) is 7.62. The Morgan fingerprint density at radius 2 is 1.89 bits per heavy atom. The first kappa shape index (κ1) is 23.0. The fourth-order valence-electron chi connectivity index (χ4n) is 2.39. The minimum atomic E-state index is -0.359. The van der Waals surface area contributed by atoms with E-state index in [9.17, 15) is 4.39 Å². The summed E-state index contributed by atoms with van der Waals surface area (Å²) in [7, 11) is 5.75. The summed E-state index contributed by atoms with van der Waals surface area (Å²) in [6, 6.07) is 14.7. The first-order valence-electron chi connectivity index (χ1n) is 8.61. The van der Waals surface area contributed by atoms with Crippen molar-refractivity contribution in [1.82, 2.24) is 10.6 Å². The Labute approximate surface area is 178 Å². The monoisotopic (exact) mass is 486 g/mol. The van der Waals surface area contributed by atoms with Crippen molar-refractivity contribution in [2.75, 3.05) is 32.6 Å². The van der Waals surface area contributed by atoms with Crippen molar-refractivity contribution in [2.24, 2.45) is 4.99 Å². The Bertz CT molecular complexity index is 739. The van der Waals surface area contributed by atoms with Crippen LogP contribution >= 0.6 is 24.0 Å². The second kappa shape index (κ2) is 11.6. The number of nitrogens with zero attached hydrogens (tertiary/aromatic N) is 2. The highest BCUT2D eigenvalue weighted by molar-refractivity contribution is 14.0. The standard InChI is InChI=1S/C20H27FN4O.HI/c1-15(26-19-11-6-5-10-18(19)21)13-23-20(22-2)24-14-16-8-7-9-17(12-16)25(3)4;/h5-12,15H,13-14H2,1-4H3,(H2,22,23,24);1H. The van der Waals surface area contributed by atoms with Gasteiger partial charge in [0.1, 0.15) is 6.10 Å². The smallest absolute Gasteiger partial charge is 0.191 e. The molecule has 0 bridgehead atoms. The van der Waals surface area contributed by atoms with Crippen molar-refractivity contribution >= 4 is 35.6 Å². The van der Waals surface area contributed by atoms with Crippen molar-refractivity contribution in [3.63, 3.8) is 0 Å². The molecule has 2 aromatic rings. The van der Waals surface area contributed by atoms with E-state index < -0.39 is 0 Å². The van der Waals surface area contributed by atoms with E-state index in [4.69, 9.17) is 4.74 Å². The average Bonchev–Trinajstić information content (AvgIpc) is 2.64. The Hall–Kier alpha value is -2.03. The number of benzene rings is 2. The minimum absolute atomic E-state index is 0. The lowest BCUT2D eigenvalue weighted by atomic mass is 10.2. The quantitative estimate of drug-likeness (QED) is 0.357. The highest BCUT2D eigenvalue weighted by atomic mass is 127. The number of para-hydroxylation sites is 1. The number of ether oxygens (including phenoxy) is 1. The molecule has 0 heterocycles. The Balaban J connectivity index is 0.00000364. The molecule has 2 rings (SSSR count). The van der Waals surface area contributed by atoms with E-state index in [2.05, 4.69) is 38.7 Å². The molecule has 0 saturated heterocycles. The molecule has 5 nitrogen and oxygen atoms in total. The number of anilines is 1. The van der Waals surface area contributed by atoms with Crippen molar-refractivity contribution in [3.05, 3.63) is 59.9 Å². The van der Waals surface area contributed by atoms with Gasteiger partial charge in [0.05, 0.1) is 6.54 Å². The van der Waals surface area contributed by atoms with Crippen LogP contribution in [0, 0.1) is 5.82 Å². The van der Waals surface area contributed by atoms with Crippen LogP contribution in [0.1, 0.15) is 12.5 Å². The van der Waals surface area contributed by atoms with Gasteiger partial charge in [0.2, 0.25) is 0 Å². The minimum Gasteiger partial charge on any atom is -0.486 e. The molecule has 7 heteroatoms. The lowest BCUT2D eigenvalue weighted by Crippen LogP contribution is -2.41. The fraction of sp³-hybridized carbons (Fsp3) is 0.350. The van der Waals surface area contributed by atoms with E-state index in [0.29, 0.717) is 19.0 Å². The highest BCUT2D eigenvalue weighted by Gasteiger charge is 2.09. The summed E-state index contributed by atoms with van der Waals surface area (Å²) in [5.41, 5.74) is 2.31. The molecule has 27 heavy (non-hydrogen) atoms. The number of guanidine groups is 1. The molecule has 0 aliphatic rings. The largest absolute Gasteiger partial charge is 0.486 e. The summed E-state index contributed by atoms with van der Waals surface area (Å²) in [6.45, 7) is 3.04. The molecule has 2 aromatic carbocycles. The molecule has 0 fully saturated rings. The summed E-state index contributed by atoms with van der Waals surface area (Å²) >= 11 is 0. The maximum absolute atomic E-state index is 13.6. The molecule has 148 valence electrons. The van der Waals surface area contributed by atoms with Crippen LogP contribution in [0.5, 0.6) is 5.75 Å². The van der Waals surface area contributed by atoms with Crippen molar-refractivity contribution < 1.29 is 9.13 Å². The van der Waals surface area contributed by atoms with Gasteiger partial charge >= 0.3 is 0 Å². The lowest BCUT2D eigenvalue weighted by Gasteiger charge is -2.18. The maximum Gasteiger partial charge on any atom is 0.191 e. The van der Waals surface area contributed by atoms with Gasteiger partial charge in [-0.25, -0.2) is 4.39 Å². The van der Waals surface area contributed by atoms with Crippen molar-refractivity contribution in [1.29, 1.82) is 0 Å². The topological polar surface area (TPSA) is 48.9 Å². The summed E-state index contributed by atoms with van der Waals surface area (Å²) < 4.78 is 19.2. The van der Waals surface area contributed by atoms with Gasteiger partial charge < -0.3 is 20.3 Å². The number of rotatable bonds is 7.